The normalized spacial score (nSPS) is 10.7. The van der Waals surface area contributed by atoms with Crippen molar-refractivity contribution in [1.82, 2.24) is 5.48 Å². The van der Waals surface area contributed by atoms with Crippen LogP contribution >= 0.6 is 0 Å². The van der Waals surface area contributed by atoms with Crippen molar-refractivity contribution in [2.45, 2.75) is 97.3 Å². The molecule has 0 bridgehead atoms. The molecule has 0 aliphatic carbocycles. The van der Waals surface area contributed by atoms with Gasteiger partial charge in [0.05, 0.1) is 0 Å². The largest absolute Gasteiger partial charge is 0.371 e. The average Bonchev–Trinajstić information content (AvgIpc) is 2.45. The van der Waals surface area contributed by atoms with E-state index in [1.165, 1.54) is 51.4 Å². The Kier molecular flexibility index (Phi) is 16.0. The molecule has 0 saturated heterocycles. The average molecular weight is 285 g/mol. The van der Waals surface area contributed by atoms with Crippen molar-refractivity contribution in [3.63, 3.8) is 0 Å². The number of hydrogen-bond donors (Lipinski definition) is 1. The molecule has 0 atom stereocenters. The van der Waals surface area contributed by atoms with Gasteiger partial charge in [-0.2, -0.15) is 5.48 Å². The molecule has 3 nitrogen and oxygen atoms in total. The van der Waals surface area contributed by atoms with Crippen LogP contribution in [0.2, 0.25) is 0 Å². The summed E-state index contributed by atoms with van der Waals surface area (Å²) in [5, 5.41) is 0. The van der Waals surface area contributed by atoms with Gasteiger partial charge >= 0.3 is 5.97 Å². The van der Waals surface area contributed by atoms with Crippen LogP contribution in [0.25, 0.3) is 0 Å². The summed E-state index contributed by atoms with van der Waals surface area (Å²) in [5.74, 6) is -0.110. The summed E-state index contributed by atoms with van der Waals surface area (Å²) in [6, 6.07) is 0. The molecule has 0 aromatic carbocycles. The molecule has 0 aliphatic heterocycles. The lowest BCUT2D eigenvalue weighted by Crippen LogP contribution is -2.20. The van der Waals surface area contributed by atoms with Gasteiger partial charge in [-0.1, -0.05) is 78.1 Å². The molecule has 1 N–H and O–H groups in total. The van der Waals surface area contributed by atoms with Crippen molar-refractivity contribution in [1.29, 1.82) is 0 Å². The van der Waals surface area contributed by atoms with Crippen LogP contribution in [0.4, 0.5) is 0 Å². The Hall–Kier alpha value is -0.570. The van der Waals surface area contributed by atoms with E-state index >= 15 is 0 Å². The van der Waals surface area contributed by atoms with Crippen molar-refractivity contribution in [3.05, 3.63) is 0 Å². The first-order valence-corrected chi connectivity index (χ1v) is 8.73. The third kappa shape index (κ3) is 15.5. The summed E-state index contributed by atoms with van der Waals surface area (Å²) < 4.78 is 0. The number of carbonyl (C=O) groups is 1. The Morgan fingerprint density at radius 3 is 1.80 bits per heavy atom. The Morgan fingerprint density at radius 1 is 0.750 bits per heavy atom. The molecule has 3 heteroatoms. The zero-order valence-electron chi connectivity index (χ0n) is 13.7. The monoisotopic (exact) mass is 285 g/mol. The van der Waals surface area contributed by atoms with E-state index in [1.54, 1.807) is 0 Å². The first kappa shape index (κ1) is 19.4. The third-order valence-electron chi connectivity index (χ3n) is 3.55. The van der Waals surface area contributed by atoms with Crippen molar-refractivity contribution >= 4 is 5.97 Å². The Labute approximate surface area is 125 Å². The van der Waals surface area contributed by atoms with E-state index in [2.05, 4.69) is 19.3 Å². The molecule has 0 rings (SSSR count). The summed E-state index contributed by atoms with van der Waals surface area (Å²) in [6.07, 6.45) is 15.6. The fourth-order valence-corrected chi connectivity index (χ4v) is 2.19. The van der Waals surface area contributed by atoms with Crippen LogP contribution in [0, 0.1) is 0 Å². The lowest BCUT2D eigenvalue weighted by Gasteiger charge is -2.05. The Bertz CT molecular complexity index is 207. The minimum absolute atomic E-state index is 0.110. The molecular weight excluding hydrogens is 250 g/mol. The molecular formula is C17H35NO2. The molecule has 120 valence electrons. The molecule has 0 aromatic heterocycles. The van der Waals surface area contributed by atoms with Gasteiger partial charge in [-0.25, -0.2) is 0 Å². The van der Waals surface area contributed by atoms with Crippen LogP contribution in [0.1, 0.15) is 97.3 Å². The summed E-state index contributed by atoms with van der Waals surface area (Å²) in [4.78, 5) is 16.3. The predicted molar refractivity (Wildman–Crippen MR) is 85.5 cm³/mol. The molecule has 0 fully saturated rings. The van der Waals surface area contributed by atoms with E-state index in [0.29, 0.717) is 6.42 Å². The standard InChI is InChI=1S/C17H35NO2/c1-3-5-7-8-9-10-11-12-13-14-15-17(19)20-18-16-6-4-2/h18H,3-16H2,1-2H3. The fraction of sp³-hybridized carbons (Fsp3) is 0.941. The minimum atomic E-state index is -0.110. The van der Waals surface area contributed by atoms with Crippen LogP contribution < -0.4 is 5.48 Å². The Balaban J connectivity index is 3.09. The van der Waals surface area contributed by atoms with Gasteiger partial charge in [-0.05, 0) is 12.8 Å². The van der Waals surface area contributed by atoms with Crippen LogP contribution in [-0.2, 0) is 9.63 Å². The van der Waals surface area contributed by atoms with Gasteiger partial charge in [0, 0.05) is 13.0 Å². The molecule has 0 unspecified atom stereocenters. The highest BCUT2D eigenvalue weighted by Gasteiger charge is 2.02. The van der Waals surface area contributed by atoms with E-state index in [0.717, 1.165) is 32.2 Å². The van der Waals surface area contributed by atoms with Crippen LogP contribution in [0.15, 0.2) is 0 Å². The van der Waals surface area contributed by atoms with Crippen molar-refractivity contribution < 1.29 is 9.63 Å². The molecule has 20 heavy (non-hydrogen) atoms. The zero-order valence-corrected chi connectivity index (χ0v) is 13.7. The SMILES string of the molecule is CCCCCCCCCCCCC(=O)ONCCCC. The predicted octanol–water partition coefficient (Wildman–Crippen LogP) is 5.15. The van der Waals surface area contributed by atoms with Gasteiger partial charge in [0.25, 0.3) is 0 Å². The highest BCUT2D eigenvalue weighted by atomic mass is 16.7. The lowest BCUT2D eigenvalue weighted by molar-refractivity contribution is -0.151. The van der Waals surface area contributed by atoms with Crippen molar-refractivity contribution in [2.75, 3.05) is 6.54 Å². The lowest BCUT2D eigenvalue weighted by atomic mass is 10.1. The maximum absolute atomic E-state index is 11.4. The second-order valence-corrected chi connectivity index (χ2v) is 5.65. The highest BCUT2D eigenvalue weighted by molar-refractivity contribution is 5.68. The maximum Gasteiger partial charge on any atom is 0.324 e. The fourth-order valence-electron chi connectivity index (χ4n) is 2.19. The molecule has 0 aliphatic rings. The minimum Gasteiger partial charge on any atom is -0.371 e. The summed E-state index contributed by atoms with van der Waals surface area (Å²) in [5.41, 5.74) is 2.72. The van der Waals surface area contributed by atoms with Gasteiger partial charge in [0.1, 0.15) is 0 Å². The van der Waals surface area contributed by atoms with Crippen LogP contribution in [-0.4, -0.2) is 12.5 Å². The van der Waals surface area contributed by atoms with E-state index < -0.39 is 0 Å². The first-order valence-electron chi connectivity index (χ1n) is 8.73. The summed E-state index contributed by atoms with van der Waals surface area (Å²) in [6.45, 7) is 5.14. The van der Waals surface area contributed by atoms with E-state index in [-0.39, 0.29) is 5.97 Å². The van der Waals surface area contributed by atoms with Gasteiger partial charge in [0.15, 0.2) is 0 Å². The topological polar surface area (TPSA) is 38.3 Å². The number of hydrogen-bond acceptors (Lipinski definition) is 3. The number of hydroxylamine groups is 1. The quantitative estimate of drug-likeness (QED) is 0.334. The zero-order chi connectivity index (χ0) is 14.9. The molecule has 0 radical (unpaired) electrons. The van der Waals surface area contributed by atoms with E-state index in [9.17, 15) is 4.79 Å². The van der Waals surface area contributed by atoms with E-state index in [1.807, 2.05) is 0 Å². The highest BCUT2D eigenvalue weighted by Crippen LogP contribution is 2.11. The van der Waals surface area contributed by atoms with Crippen LogP contribution in [0.5, 0.6) is 0 Å². The molecule has 0 saturated carbocycles. The maximum atomic E-state index is 11.4. The van der Waals surface area contributed by atoms with Gasteiger partial charge in [0.2, 0.25) is 0 Å². The van der Waals surface area contributed by atoms with Gasteiger partial charge in [-0.3, -0.25) is 4.79 Å². The molecule has 0 spiro atoms. The number of rotatable bonds is 15. The van der Waals surface area contributed by atoms with Crippen LogP contribution in [0.3, 0.4) is 0 Å². The Morgan fingerprint density at radius 2 is 1.25 bits per heavy atom. The summed E-state index contributed by atoms with van der Waals surface area (Å²) in [7, 11) is 0. The third-order valence-corrected chi connectivity index (χ3v) is 3.55. The number of nitrogens with one attached hydrogen (secondary N) is 1. The molecule has 0 aromatic rings. The second kappa shape index (κ2) is 16.5. The van der Waals surface area contributed by atoms with Crippen molar-refractivity contribution in [2.24, 2.45) is 0 Å². The van der Waals surface area contributed by atoms with E-state index in [4.69, 9.17) is 4.84 Å². The smallest absolute Gasteiger partial charge is 0.324 e. The van der Waals surface area contributed by atoms with Gasteiger partial charge in [-0.15, -0.1) is 0 Å². The second-order valence-electron chi connectivity index (χ2n) is 5.65. The van der Waals surface area contributed by atoms with Gasteiger partial charge < -0.3 is 4.84 Å². The molecule has 0 amide bonds. The van der Waals surface area contributed by atoms with Crippen molar-refractivity contribution in [3.8, 4) is 0 Å². The number of unbranched alkanes of at least 4 members (excludes halogenated alkanes) is 10. The molecule has 0 heterocycles. The first-order chi connectivity index (χ1) is 9.81. The number of carbonyl (C=O) groups excluding carboxylic acids is 1. The summed E-state index contributed by atoms with van der Waals surface area (Å²) >= 11 is 0.